The van der Waals surface area contributed by atoms with Gasteiger partial charge in [0.15, 0.2) is 0 Å². The van der Waals surface area contributed by atoms with E-state index in [1.54, 1.807) is 12.1 Å². The van der Waals surface area contributed by atoms with E-state index in [4.69, 9.17) is 35.5 Å². The third kappa shape index (κ3) is 7.37. The van der Waals surface area contributed by atoms with Gasteiger partial charge in [0.25, 0.3) is 0 Å². The van der Waals surface area contributed by atoms with E-state index in [-0.39, 0.29) is 18.2 Å². The summed E-state index contributed by atoms with van der Waals surface area (Å²) in [5, 5.41) is 14.0. The van der Waals surface area contributed by atoms with Crippen molar-refractivity contribution in [2.24, 2.45) is 5.92 Å². The Bertz CT molecular complexity index is 1580. The number of carbonyl (C=O) groups is 1. The van der Waals surface area contributed by atoms with Crippen molar-refractivity contribution in [1.29, 1.82) is 0 Å². The van der Waals surface area contributed by atoms with Gasteiger partial charge in [-0.25, -0.2) is 9.78 Å². The van der Waals surface area contributed by atoms with Crippen LogP contribution in [0.1, 0.15) is 58.4 Å². The minimum atomic E-state index is -0.919. The Labute approximate surface area is 280 Å². The number of rotatable bonds is 13. The fraction of sp³-hybridized carbons (Fsp3) is 0.500. The number of aromatic nitrogens is 1. The smallest absolute Gasteiger partial charge is 0.335 e. The molecule has 0 saturated carbocycles. The lowest BCUT2D eigenvalue weighted by atomic mass is 9.97. The van der Waals surface area contributed by atoms with Gasteiger partial charge in [0.2, 0.25) is 5.88 Å². The Kier molecular flexibility index (Phi) is 9.83. The van der Waals surface area contributed by atoms with Crippen molar-refractivity contribution in [3.05, 3.63) is 81.5 Å². The van der Waals surface area contributed by atoms with E-state index in [2.05, 4.69) is 34.2 Å². The van der Waals surface area contributed by atoms with Crippen molar-refractivity contribution >= 4 is 28.9 Å². The molecule has 0 amide bonds. The first kappa shape index (κ1) is 32.2. The number of hydrogen-bond donors (Lipinski definition) is 2. The summed E-state index contributed by atoms with van der Waals surface area (Å²) >= 11 is 6.60. The van der Waals surface area contributed by atoms with Gasteiger partial charge in [0.05, 0.1) is 55.2 Å². The number of benzene rings is 2. The summed E-state index contributed by atoms with van der Waals surface area (Å²) in [6.07, 6.45) is 3.00. The Morgan fingerprint density at radius 1 is 1.13 bits per heavy atom. The minimum absolute atomic E-state index is 0.00449. The first-order valence-corrected chi connectivity index (χ1v) is 17.1. The summed E-state index contributed by atoms with van der Waals surface area (Å²) in [5.74, 6) is 0.353. The second kappa shape index (κ2) is 14.4. The lowest BCUT2D eigenvalue weighted by Crippen LogP contribution is -2.50. The fourth-order valence-corrected chi connectivity index (χ4v) is 7.09. The average Bonchev–Trinajstić information content (AvgIpc) is 3.20. The molecule has 2 aromatic carbocycles. The van der Waals surface area contributed by atoms with Crippen LogP contribution in [0, 0.1) is 5.92 Å². The highest BCUT2D eigenvalue weighted by Gasteiger charge is 2.35. The van der Waals surface area contributed by atoms with Gasteiger partial charge >= 0.3 is 5.97 Å². The molecule has 3 atom stereocenters. The molecule has 47 heavy (non-hydrogen) atoms. The predicted octanol–water partition coefficient (Wildman–Crippen LogP) is 5.57. The normalized spacial score (nSPS) is 22.1. The van der Waals surface area contributed by atoms with Crippen molar-refractivity contribution in [3.8, 4) is 5.88 Å². The van der Waals surface area contributed by atoms with E-state index in [1.807, 2.05) is 24.3 Å². The van der Waals surface area contributed by atoms with Crippen LogP contribution < -0.4 is 15.0 Å². The molecule has 7 rings (SSSR count). The van der Waals surface area contributed by atoms with Crippen molar-refractivity contribution in [1.82, 2.24) is 9.88 Å². The zero-order valence-corrected chi connectivity index (χ0v) is 27.6. The molecule has 5 heterocycles. The van der Waals surface area contributed by atoms with E-state index < -0.39 is 5.97 Å². The number of carboxylic acids is 1. The summed E-state index contributed by atoms with van der Waals surface area (Å²) in [7, 11) is 0. The molecule has 3 unspecified atom stereocenters. The molecule has 3 aromatic rings. The molecule has 0 aliphatic carbocycles. The number of halogens is 1. The van der Waals surface area contributed by atoms with Gasteiger partial charge in [-0.2, -0.15) is 0 Å². The van der Waals surface area contributed by atoms with Gasteiger partial charge in [0, 0.05) is 54.7 Å². The SMILES string of the molecule is CCCN(CC1COCc2ccc(OCc3ccc(C4COC4)cc3Cl)nc2C1)CC1Nc2ccc(C(=O)O)cc2N1CC1CCO1. The lowest BCUT2D eigenvalue weighted by Gasteiger charge is -2.37. The molecule has 4 aliphatic rings. The van der Waals surface area contributed by atoms with Crippen molar-refractivity contribution < 1.29 is 28.8 Å². The summed E-state index contributed by atoms with van der Waals surface area (Å²) in [6, 6.07) is 15.5. The van der Waals surface area contributed by atoms with Crippen LogP contribution in [0.2, 0.25) is 5.02 Å². The Morgan fingerprint density at radius 3 is 2.72 bits per heavy atom. The second-order valence-corrected chi connectivity index (χ2v) is 13.5. The van der Waals surface area contributed by atoms with Gasteiger partial charge in [-0.05, 0) is 67.3 Å². The summed E-state index contributed by atoms with van der Waals surface area (Å²) < 4.78 is 23.4. The molecule has 4 aliphatic heterocycles. The Morgan fingerprint density at radius 2 is 2.00 bits per heavy atom. The van der Waals surface area contributed by atoms with Gasteiger partial charge in [-0.3, -0.25) is 4.90 Å². The predicted molar refractivity (Wildman–Crippen MR) is 180 cm³/mol. The maximum atomic E-state index is 11.8. The number of carboxylic acid groups (broad SMARTS) is 1. The lowest BCUT2D eigenvalue weighted by molar-refractivity contribution is -0.0452. The quantitative estimate of drug-likeness (QED) is 0.241. The maximum Gasteiger partial charge on any atom is 0.335 e. The first-order valence-electron chi connectivity index (χ1n) is 16.7. The largest absolute Gasteiger partial charge is 0.478 e. The molecule has 10 nitrogen and oxygen atoms in total. The van der Waals surface area contributed by atoms with E-state index in [0.717, 1.165) is 93.5 Å². The average molecular weight is 663 g/mol. The van der Waals surface area contributed by atoms with Gasteiger partial charge in [-0.1, -0.05) is 30.7 Å². The van der Waals surface area contributed by atoms with Crippen molar-refractivity contribution in [2.75, 3.05) is 62.8 Å². The molecule has 2 N–H and O–H groups in total. The number of fused-ring (bicyclic) bond motifs is 2. The number of aromatic carboxylic acids is 1. The summed E-state index contributed by atoms with van der Waals surface area (Å²) in [5.41, 5.74) is 6.44. The summed E-state index contributed by atoms with van der Waals surface area (Å²) in [4.78, 5) is 21.5. The molecule has 1 aromatic heterocycles. The second-order valence-electron chi connectivity index (χ2n) is 13.1. The molecular weight excluding hydrogens is 620 g/mol. The maximum absolute atomic E-state index is 11.8. The van der Waals surface area contributed by atoms with E-state index in [0.29, 0.717) is 42.2 Å². The van der Waals surface area contributed by atoms with Crippen LogP contribution in [0.15, 0.2) is 48.5 Å². The van der Waals surface area contributed by atoms with Crippen LogP contribution in [0.3, 0.4) is 0 Å². The molecule has 11 heteroatoms. The van der Waals surface area contributed by atoms with Crippen LogP contribution in [0.4, 0.5) is 11.4 Å². The van der Waals surface area contributed by atoms with Crippen LogP contribution in [-0.2, 0) is 33.8 Å². The third-order valence-electron chi connectivity index (χ3n) is 9.63. The van der Waals surface area contributed by atoms with E-state index in [1.165, 1.54) is 5.56 Å². The number of hydrogen-bond acceptors (Lipinski definition) is 9. The van der Waals surface area contributed by atoms with Crippen molar-refractivity contribution in [2.45, 2.75) is 57.6 Å². The highest BCUT2D eigenvalue weighted by Crippen LogP contribution is 2.37. The zero-order chi connectivity index (χ0) is 32.3. The fourth-order valence-electron chi connectivity index (χ4n) is 6.85. The van der Waals surface area contributed by atoms with Crippen LogP contribution in [0.5, 0.6) is 5.88 Å². The van der Waals surface area contributed by atoms with Gasteiger partial charge < -0.3 is 34.3 Å². The minimum Gasteiger partial charge on any atom is -0.478 e. The number of nitrogens with one attached hydrogen (secondary N) is 1. The van der Waals surface area contributed by atoms with Crippen LogP contribution >= 0.6 is 11.6 Å². The highest BCUT2D eigenvalue weighted by molar-refractivity contribution is 6.31. The molecule has 250 valence electrons. The molecule has 0 bridgehead atoms. The number of anilines is 2. The standard InChI is InChI=1S/C36H43ClN4O6/c1-2-10-40(17-34-38-31-7-5-25(36(42)43)14-33(31)41(34)16-29-9-11-46-29)15-23-12-32-27(19-44-18-23)6-8-35(39-32)47-22-26-4-3-24(13-30(26)37)28-20-45-21-28/h3-8,13-14,23,28-29,34,38H,2,9-12,15-22H2,1H3,(H,42,43). The Hall–Kier alpha value is -3.41. The topological polar surface area (TPSA) is 106 Å². The third-order valence-corrected chi connectivity index (χ3v) is 9.98. The van der Waals surface area contributed by atoms with Gasteiger partial charge in [-0.15, -0.1) is 0 Å². The monoisotopic (exact) mass is 662 g/mol. The van der Waals surface area contributed by atoms with Crippen molar-refractivity contribution in [3.63, 3.8) is 0 Å². The molecule has 2 saturated heterocycles. The number of ether oxygens (including phenoxy) is 4. The zero-order valence-electron chi connectivity index (χ0n) is 26.8. The molecule has 0 spiro atoms. The molecule has 2 fully saturated rings. The molecular formula is C36H43ClN4O6. The Balaban J connectivity index is 1.01. The van der Waals surface area contributed by atoms with E-state index in [9.17, 15) is 9.90 Å². The number of nitrogens with zero attached hydrogens (tertiary/aromatic N) is 3. The molecule has 0 radical (unpaired) electrons. The van der Waals surface area contributed by atoms with Gasteiger partial charge in [0.1, 0.15) is 12.8 Å². The van der Waals surface area contributed by atoms with Crippen LogP contribution in [-0.4, -0.2) is 85.8 Å². The highest BCUT2D eigenvalue weighted by atomic mass is 35.5. The summed E-state index contributed by atoms with van der Waals surface area (Å²) in [6.45, 7) is 9.33. The van der Waals surface area contributed by atoms with E-state index >= 15 is 0 Å². The number of pyridine rings is 1. The van der Waals surface area contributed by atoms with Crippen LogP contribution in [0.25, 0.3) is 0 Å². The first-order chi connectivity index (χ1) is 22.9.